The maximum atomic E-state index is 12.4. The van der Waals surface area contributed by atoms with Crippen LogP contribution < -0.4 is 10.2 Å². The summed E-state index contributed by atoms with van der Waals surface area (Å²) in [5.41, 5.74) is 1.89. The number of piperazine rings is 1. The number of carbonyl (C=O) groups is 2. The molecule has 0 unspecified atom stereocenters. The Morgan fingerprint density at radius 3 is 2.13 bits per heavy atom. The zero-order valence-electron chi connectivity index (χ0n) is 14.4. The summed E-state index contributed by atoms with van der Waals surface area (Å²) in [6.45, 7) is 6.33. The molecule has 2 amide bonds. The highest BCUT2D eigenvalue weighted by Crippen LogP contribution is 2.16. The third-order valence-electron chi connectivity index (χ3n) is 4.34. The molecule has 1 aliphatic heterocycles. The first-order valence-electron chi connectivity index (χ1n) is 7.96. The molecule has 1 fully saturated rings. The molecule has 6 heteroatoms. The molecule has 0 aliphatic carbocycles. The number of carbonyl (C=O) groups excluding carboxylic acids is 2. The van der Waals surface area contributed by atoms with E-state index >= 15 is 0 Å². The monoisotopic (exact) mass is 318 g/mol. The van der Waals surface area contributed by atoms with Crippen molar-refractivity contribution in [3.05, 3.63) is 24.3 Å². The molecular weight excluding hydrogens is 292 g/mol. The zero-order valence-corrected chi connectivity index (χ0v) is 14.4. The second-order valence-corrected chi connectivity index (χ2v) is 6.15. The molecule has 0 bridgehead atoms. The summed E-state index contributed by atoms with van der Waals surface area (Å²) in [5.74, 6) is 0.0848. The number of rotatable bonds is 4. The minimum Gasteiger partial charge on any atom is -0.378 e. The van der Waals surface area contributed by atoms with Crippen LogP contribution in [0.1, 0.15) is 13.8 Å². The normalized spacial score (nSPS) is 16.8. The average Bonchev–Trinajstić information content (AvgIpc) is 2.54. The first-order chi connectivity index (χ1) is 10.9. The molecule has 1 heterocycles. The van der Waals surface area contributed by atoms with E-state index in [0.29, 0.717) is 13.1 Å². The van der Waals surface area contributed by atoms with Crippen molar-refractivity contribution < 1.29 is 9.59 Å². The molecule has 0 aromatic heterocycles. The van der Waals surface area contributed by atoms with Crippen LogP contribution in [0.25, 0.3) is 0 Å². The number of hydrogen-bond acceptors (Lipinski definition) is 4. The van der Waals surface area contributed by atoms with E-state index in [9.17, 15) is 9.59 Å². The maximum Gasteiger partial charge on any atom is 0.241 e. The van der Waals surface area contributed by atoms with Crippen LogP contribution in [0.5, 0.6) is 0 Å². The van der Waals surface area contributed by atoms with E-state index < -0.39 is 0 Å². The van der Waals surface area contributed by atoms with E-state index in [0.717, 1.165) is 24.5 Å². The van der Waals surface area contributed by atoms with Gasteiger partial charge in [-0.25, -0.2) is 0 Å². The topological polar surface area (TPSA) is 55.9 Å². The van der Waals surface area contributed by atoms with Crippen molar-refractivity contribution in [1.82, 2.24) is 9.80 Å². The van der Waals surface area contributed by atoms with Crippen molar-refractivity contribution in [2.24, 2.45) is 0 Å². The summed E-state index contributed by atoms with van der Waals surface area (Å²) >= 11 is 0. The molecule has 2 rings (SSSR count). The second kappa shape index (κ2) is 7.46. The van der Waals surface area contributed by atoms with Gasteiger partial charge in [0.15, 0.2) is 0 Å². The van der Waals surface area contributed by atoms with Crippen LogP contribution in [0.2, 0.25) is 0 Å². The minimum atomic E-state index is -0.211. The molecule has 126 valence electrons. The van der Waals surface area contributed by atoms with E-state index in [1.165, 1.54) is 0 Å². The Balaban J connectivity index is 1.89. The van der Waals surface area contributed by atoms with Gasteiger partial charge in [0, 0.05) is 58.6 Å². The molecule has 1 aliphatic rings. The highest BCUT2D eigenvalue weighted by molar-refractivity contribution is 5.94. The second-order valence-electron chi connectivity index (χ2n) is 6.15. The highest BCUT2D eigenvalue weighted by atomic mass is 16.2. The Bertz CT molecular complexity index is 548. The number of amides is 2. The average molecular weight is 318 g/mol. The summed E-state index contributed by atoms with van der Waals surface area (Å²) in [7, 11) is 3.96. The van der Waals surface area contributed by atoms with Crippen LogP contribution in [0.4, 0.5) is 11.4 Å². The maximum absolute atomic E-state index is 12.4. The first-order valence-corrected chi connectivity index (χ1v) is 7.96. The lowest BCUT2D eigenvalue weighted by molar-refractivity contribution is -0.131. The van der Waals surface area contributed by atoms with Gasteiger partial charge in [0.2, 0.25) is 11.8 Å². The van der Waals surface area contributed by atoms with Crippen molar-refractivity contribution in [2.75, 3.05) is 50.5 Å². The van der Waals surface area contributed by atoms with Crippen molar-refractivity contribution in [1.29, 1.82) is 0 Å². The molecule has 1 N–H and O–H groups in total. The van der Waals surface area contributed by atoms with Crippen LogP contribution >= 0.6 is 0 Å². The molecule has 0 radical (unpaired) electrons. The van der Waals surface area contributed by atoms with Gasteiger partial charge in [0.05, 0.1) is 6.04 Å². The van der Waals surface area contributed by atoms with Gasteiger partial charge in [0.1, 0.15) is 0 Å². The SMILES string of the molecule is CC(=O)N1CCN([C@H](C)C(=O)Nc2ccc(N(C)C)cc2)CC1. The van der Waals surface area contributed by atoms with Crippen LogP contribution in [0, 0.1) is 0 Å². The Morgan fingerprint density at radius 2 is 1.65 bits per heavy atom. The van der Waals surface area contributed by atoms with Gasteiger partial charge in [0.25, 0.3) is 0 Å². The highest BCUT2D eigenvalue weighted by Gasteiger charge is 2.26. The fraction of sp³-hybridized carbons (Fsp3) is 0.529. The lowest BCUT2D eigenvalue weighted by atomic mass is 10.2. The Labute approximate surface area is 138 Å². The smallest absolute Gasteiger partial charge is 0.241 e. The Morgan fingerprint density at radius 1 is 1.09 bits per heavy atom. The van der Waals surface area contributed by atoms with Gasteiger partial charge in [-0.3, -0.25) is 14.5 Å². The van der Waals surface area contributed by atoms with Gasteiger partial charge in [-0.2, -0.15) is 0 Å². The molecule has 0 spiro atoms. The number of anilines is 2. The number of nitrogens with one attached hydrogen (secondary N) is 1. The van der Waals surface area contributed by atoms with Crippen molar-refractivity contribution in [3.63, 3.8) is 0 Å². The summed E-state index contributed by atoms with van der Waals surface area (Å²) in [6.07, 6.45) is 0. The van der Waals surface area contributed by atoms with Crippen molar-refractivity contribution in [3.8, 4) is 0 Å². The van der Waals surface area contributed by atoms with Gasteiger partial charge in [-0.05, 0) is 31.2 Å². The summed E-state index contributed by atoms with van der Waals surface area (Å²) < 4.78 is 0. The lowest BCUT2D eigenvalue weighted by Gasteiger charge is -2.37. The van der Waals surface area contributed by atoms with E-state index in [2.05, 4.69) is 10.2 Å². The summed E-state index contributed by atoms with van der Waals surface area (Å²) in [4.78, 5) is 29.7. The van der Waals surface area contributed by atoms with Gasteiger partial charge in [-0.1, -0.05) is 0 Å². The molecule has 1 aromatic rings. The summed E-state index contributed by atoms with van der Waals surface area (Å²) in [6, 6.07) is 7.57. The molecule has 6 nitrogen and oxygen atoms in total. The fourth-order valence-electron chi connectivity index (χ4n) is 2.68. The van der Waals surface area contributed by atoms with Crippen LogP contribution in [0.15, 0.2) is 24.3 Å². The third kappa shape index (κ3) is 4.45. The van der Waals surface area contributed by atoms with Crippen LogP contribution in [-0.2, 0) is 9.59 Å². The largest absolute Gasteiger partial charge is 0.378 e. The predicted octanol–water partition coefficient (Wildman–Crippen LogP) is 1.24. The molecule has 1 saturated heterocycles. The van der Waals surface area contributed by atoms with Crippen molar-refractivity contribution >= 4 is 23.2 Å². The van der Waals surface area contributed by atoms with Gasteiger partial charge < -0.3 is 15.1 Å². The molecular formula is C17H26N4O2. The number of hydrogen-bond donors (Lipinski definition) is 1. The zero-order chi connectivity index (χ0) is 17.0. The molecule has 0 saturated carbocycles. The summed E-state index contributed by atoms with van der Waals surface area (Å²) in [5, 5.41) is 2.96. The van der Waals surface area contributed by atoms with Crippen molar-refractivity contribution in [2.45, 2.75) is 19.9 Å². The number of nitrogens with zero attached hydrogens (tertiary/aromatic N) is 3. The fourth-order valence-corrected chi connectivity index (χ4v) is 2.68. The van der Waals surface area contributed by atoms with E-state index in [1.807, 2.05) is 55.1 Å². The third-order valence-corrected chi connectivity index (χ3v) is 4.34. The van der Waals surface area contributed by atoms with Gasteiger partial charge >= 0.3 is 0 Å². The predicted molar refractivity (Wildman–Crippen MR) is 92.7 cm³/mol. The molecule has 1 atom stereocenters. The standard InChI is InChI=1S/C17H26N4O2/c1-13(20-9-11-21(12-10-20)14(2)22)17(23)18-15-5-7-16(8-6-15)19(3)4/h5-8,13H,9-12H2,1-4H3,(H,18,23)/t13-/m1/s1. The van der Waals surface area contributed by atoms with E-state index in [1.54, 1.807) is 6.92 Å². The Kier molecular flexibility index (Phi) is 5.60. The number of benzene rings is 1. The molecule has 23 heavy (non-hydrogen) atoms. The van der Waals surface area contributed by atoms with E-state index in [4.69, 9.17) is 0 Å². The lowest BCUT2D eigenvalue weighted by Crippen LogP contribution is -2.53. The minimum absolute atomic E-state index is 0.0149. The molecule has 1 aromatic carbocycles. The van der Waals surface area contributed by atoms with Gasteiger partial charge in [-0.15, -0.1) is 0 Å². The quantitative estimate of drug-likeness (QED) is 0.908. The van der Waals surface area contributed by atoms with E-state index in [-0.39, 0.29) is 17.9 Å². The van der Waals surface area contributed by atoms with Crippen LogP contribution in [-0.4, -0.2) is 67.9 Å². The Hall–Kier alpha value is -2.08. The van der Waals surface area contributed by atoms with Crippen LogP contribution in [0.3, 0.4) is 0 Å². The first kappa shape index (κ1) is 17.3.